The molecular formula is C16H27F3N2. The highest BCUT2D eigenvalue weighted by molar-refractivity contribution is 5.13. The van der Waals surface area contributed by atoms with Gasteiger partial charge in [-0.2, -0.15) is 18.3 Å². The zero-order valence-electron chi connectivity index (χ0n) is 13.3. The number of halogens is 3. The van der Waals surface area contributed by atoms with Crippen molar-refractivity contribution in [1.29, 1.82) is 0 Å². The van der Waals surface area contributed by atoms with Crippen LogP contribution in [0.3, 0.4) is 0 Å². The Morgan fingerprint density at radius 2 is 1.71 bits per heavy atom. The van der Waals surface area contributed by atoms with Gasteiger partial charge in [0.1, 0.15) is 0 Å². The van der Waals surface area contributed by atoms with Crippen LogP contribution in [0, 0.1) is 5.92 Å². The normalized spacial score (nSPS) is 13.6. The van der Waals surface area contributed by atoms with Crippen LogP contribution in [0.15, 0.2) is 6.07 Å². The second kappa shape index (κ2) is 8.44. The Morgan fingerprint density at radius 3 is 2.24 bits per heavy atom. The second-order valence-corrected chi connectivity index (χ2v) is 5.85. The molecule has 1 atom stereocenters. The fourth-order valence-corrected chi connectivity index (χ4v) is 2.66. The van der Waals surface area contributed by atoms with Gasteiger partial charge >= 0.3 is 6.18 Å². The van der Waals surface area contributed by atoms with Gasteiger partial charge in [0.2, 0.25) is 0 Å². The lowest BCUT2D eigenvalue weighted by molar-refractivity contribution is -0.141. The Hall–Kier alpha value is -1.00. The van der Waals surface area contributed by atoms with Gasteiger partial charge in [0.15, 0.2) is 5.69 Å². The van der Waals surface area contributed by atoms with Crippen LogP contribution >= 0.6 is 0 Å². The van der Waals surface area contributed by atoms with E-state index in [1.165, 1.54) is 23.6 Å². The van der Waals surface area contributed by atoms with Crippen molar-refractivity contribution in [3.8, 4) is 0 Å². The lowest BCUT2D eigenvalue weighted by Gasteiger charge is -2.16. The summed E-state index contributed by atoms with van der Waals surface area (Å²) in [7, 11) is 1.60. The summed E-state index contributed by atoms with van der Waals surface area (Å²) in [5, 5.41) is 3.60. The molecule has 1 unspecified atom stereocenters. The summed E-state index contributed by atoms with van der Waals surface area (Å²) in [5.41, 5.74) is -0.0808. The summed E-state index contributed by atoms with van der Waals surface area (Å²) in [5.74, 6) is 0.466. The summed E-state index contributed by atoms with van der Waals surface area (Å²) in [6.07, 6.45) is 4.33. The third-order valence-corrected chi connectivity index (χ3v) is 3.95. The molecule has 0 fully saturated rings. The number of alkyl halides is 3. The molecule has 0 spiro atoms. The highest BCUT2D eigenvalue weighted by atomic mass is 19.4. The SMILES string of the molecule is CCCCCC(CCCC)Cc1cc(C(F)(F)F)nn1C. The number of unbranched alkanes of at least 4 members (excludes halogenated alkanes) is 3. The van der Waals surface area contributed by atoms with Gasteiger partial charge in [-0.1, -0.05) is 58.8 Å². The quantitative estimate of drug-likeness (QED) is 0.561. The minimum Gasteiger partial charge on any atom is -0.272 e. The molecule has 0 saturated heterocycles. The number of hydrogen-bond acceptors (Lipinski definition) is 1. The van der Waals surface area contributed by atoms with E-state index >= 15 is 0 Å². The average Bonchev–Trinajstić information content (AvgIpc) is 2.77. The smallest absolute Gasteiger partial charge is 0.272 e. The molecule has 21 heavy (non-hydrogen) atoms. The van der Waals surface area contributed by atoms with Crippen LogP contribution in [-0.4, -0.2) is 9.78 Å². The van der Waals surface area contributed by atoms with E-state index in [4.69, 9.17) is 0 Å². The maximum atomic E-state index is 12.7. The van der Waals surface area contributed by atoms with Gasteiger partial charge in [-0.05, 0) is 18.4 Å². The zero-order valence-corrected chi connectivity index (χ0v) is 13.3. The minimum atomic E-state index is -4.35. The topological polar surface area (TPSA) is 17.8 Å². The first-order chi connectivity index (χ1) is 9.88. The van der Waals surface area contributed by atoms with Crippen molar-refractivity contribution in [3.63, 3.8) is 0 Å². The van der Waals surface area contributed by atoms with E-state index in [0.29, 0.717) is 18.0 Å². The minimum absolute atomic E-state index is 0.466. The number of aromatic nitrogens is 2. The lowest BCUT2D eigenvalue weighted by atomic mass is 9.91. The van der Waals surface area contributed by atoms with E-state index in [-0.39, 0.29) is 0 Å². The first kappa shape index (κ1) is 18.1. The Bertz CT molecular complexity index is 410. The molecule has 1 aromatic rings. The number of hydrogen-bond donors (Lipinski definition) is 0. The van der Waals surface area contributed by atoms with E-state index in [9.17, 15) is 13.2 Å². The third-order valence-electron chi connectivity index (χ3n) is 3.95. The number of aryl methyl sites for hydroxylation is 1. The van der Waals surface area contributed by atoms with Gasteiger partial charge in [-0.15, -0.1) is 0 Å². The van der Waals surface area contributed by atoms with Gasteiger partial charge in [-0.25, -0.2) is 0 Å². The molecule has 1 rings (SSSR count). The summed E-state index contributed by atoms with van der Waals surface area (Å²) >= 11 is 0. The van der Waals surface area contributed by atoms with Crippen LogP contribution < -0.4 is 0 Å². The summed E-state index contributed by atoms with van der Waals surface area (Å²) in [6.45, 7) is 4.31. The van der Waals surface area contributed by atoms with Crippen molar-refractivity contribution < 1.29 is 13.2 Å². The van der Waals surface area contributed by atoms with Gasteiger partial charge < -0.3 is 0 Å². The molecule has 122 valence electrons. The highest BCUT2D eigenvalue weighted by Gasteiger charge is 2.34. The van der Waals surface area contributed by atoms with Crippen LogP contribution in [0.1, 0.15) is 70.2 Å². The summed E-state index contributed by atoms with van der Waals surface area (Å²) in [4.78, 5) is 0. The molecule has 0 saturated carbocycles. The van der Waals surface area contributed by atoms with Crippen molar-refractivity contribution in [2.75, 3.05) is 0 Å². The maximum absolute atomic E-state index is 12.7. The molecule has 0 bridgehead atoms. The molecule has 0 radical (unpaired) electrons. The lowest BCUT2D eigenvalue weighted by Crippen LogP contribution is -2.09. The average molecular weight is 304 g/mol. The molecular weight excluding hydrogens is 277 g/mol. The van der Waals surface area contributed by atoms with Crippen LogP contribution in [0.5, 0.6) is 0 Å². The summed E-state index contributed by atoms with van der Waals surface area (Å²) in [6, 6.07) is 1.21. The van der Waals surface area contributed by atoms with Crippen LogP contribution in [-0.2, 0) is 19.6 Å². The Morgan fingerprint density at radius 1 is 1.10 bits per heavy atom. The van der Waals surface area contributed by atoms with E-state index < -0.39 is 11.9 Å². The number of nitrogens with zero attached hydrogens (tertiary/aromatic N) is 2. The standard InChI is InChI=1S/C16H27F3N2/c1-4-6-8-10-13(9-7-5-2)11-14-12-15(16(17,18)19)20-21(14)3/h12-13H,4-11H2,1-3H3. The fraction of sp³-hybridized carbons (Fsp3) is 0.812. The molecule has 0 N–H and O–H groups in total. The van der Waals surface area contributed by atoms with Crippen molar-refractivity contribution in [2.24, 2.45) is 13.0 Å². The first-order valence-corrected chi connectivity index (χ1v) is 7.98. The first-order valence-electron chi connectivity index (χ1n) is 7.98. The van der Waals surface area contributed by atoms with Crippen molar-refractivity contribution in [2.45, 2.75) is 71.4 Å². The Kier molecular flexibility index (Phi) is 7.26. The van der Waals surface area contributed by atoms with Crippen LogP contribution in [0.4, 0.5) is 13.2 Å². The van der Waals surface area contributed by atoms with Gasteiger partial charge in [0, 0.05) is 12.7 Å². The van der Waals surface area contributed by atoms with Crippen molar-refractivity contribution >= 4 is 0 Å². The molecule has 0 amide bonds. The largest absolute Gasteiger partial charge is 0.435 e. The van der Waals surface area contributed by atoms with E-state index in [1.807, 2.05) is 0 Å². The maximum Gasteiger partial charge on any atom is 0.435 e. The molecule has 2 nitrogen and oxygen atoms in total. The molecule has 0 aliphatic rings. The van der Waals surface area contributed by atoms with Gasteiger partial charge in [-0.3, -0.25) is 4.68 Å². The predicted molar refractivity (Wildman–Crippen MR) is 79.1 cm³/mol. The predicted octanol–water partition coefficient (Wildman–Crippen LogP) is 5.37. The number of rotatable bonds is 9. The molecule has 0 aliphatic heterocycles. The molecule has 0 aromatic carbocycles. The van der Waals surface area contributed by atoms with Gasteiger partial charge in [0.25, 0.3) is 0 Å². The zero-order chi connectivity index (χ0) is 15.9. The monoisotopic (exact) mass is 304 g/mol. The highest BCUT2D eigenvalue weighted by Crippen LogP contribution is 2.30. The molecule has 1 heterocycles. The molecule has 0 aliphatic carbocycles. The van der Waals surface area contributed by atoms with E-state index in [1.54, 1.807) is 7.05 Å². The summed E-state index contributed by atoms with van der Waals surface area (Å²) < 4.78 is 39.5. The fourth-order valence-electron chi connectivity index (χ4n) is 2.66. The van der Waals surface area contributed by atoms with E-state index in [2.05, 4.69) is 18.9 Å². The Labute approximate surface area is 125 Å². The Balaban J connectivity index is 2.70. The van der Waals surface area contributed by atoms with Crippen LogP contribution in [0.2, 0.25) is 0 Å². The van der Waals surface area contributed by atoms with Crippen molar-refractivity contribution in [1.82, 2.24) is 9.78 Å². The van der Waals surface area contributed by atoms with Crippen molar-refractivity contribution in [3.05, 3.63) is 17.5 Å². The second-order valence-electron chi connectivity index (χ2n) is 5.85. The van der Waals surface area contributed by atoms with Crippen LogP contribution in [0.25, 0.3) is 0 Å². The molecule has 1 aromatic heterocycles. The van der Waals surface area contributed by atoms with E-state index in [0.717, 1.165) is 32.1 Å². The molecule has 5 heteroatoms. The van der Waals surface area contributed by atoms with Gasteiger partial charge in [0.05, 0.1) is 0 Å². The third kappa shape index (κ3) is 6.10.